The first kappa shape index (κ1) is 15.0. The molecule has 0 fully saturated rings. The van der Waals surface area contributed by atoms with Crippen LogP contribution in [-0.4, -0.2) is 33.1 Å². The van der Waals surface area contributed by atoms with Gasteiger partial charge in [-0.1, -0.05) is 20.3 Å². The number of aromatic nitrogens is 2. The van der Waals surface area contributed by atoms with E-state index in [2.05, 4.69) is 20.6 Å². The molecule has 2 amide bonds. The third kappa shape index (κ3) is 4.61. The van der Waals surface area contributed by atoms with Gasteiger partial charge in [-0.25, -0.2) is 14.6 Å². The second kappa shape index (κ2) is 7.40. The number of nitrogens with one attached hydrogen (secondary N) is 3. The average molecular weight is 268 g/mol. The second-order valence-corrected chi connectivity index (χ2v) is 4.23. The number of carboxylic acid groups (broad SMARTS) is 1. The van der Waals surface area contributed by atoms with Gasteiger partial charge in [-0.3, -0.25) is 0 Å². The molecular formula is C12H20N4O3. The summed E-state index contributed by atoms with van der Waals surface area (Å²) in [5.41, 5.74) is 0. The van der Waals surface area contributed by atoms with Crippen LogP contribution in [0, 0.1) is 0 Å². The maximum atomic E-state index is 11.8. The molecule has 19 heavy (non-hydrogen) atoms. The second-order valence-electron chi connectivity index (χ2n) is 4.23. The van der Waals surface area contributed by atoms with Crippen LogP contribution in [0.15, 0.2) is 12.4 Å². The number of carboxylic acids is 1. The van der Waals surface area contributed by atoms with E-state index in [-0.39, 0.29) is 6.04 Å². The summed E-state index contributed by atoms with van der Waals surface area (Å²) in [6, 6.07) is -1.62. The summed E-state index contributed by atoms with van der Waals surface area (Å²) in [4.78, 5) is 29.7. The van der Waals surface area contributed by atoms with Crippen LogP contribution in [0.4, 0.5) is 4.79 Å². The molecule has 0 radical (unpaired) electrons. The largest absolute Gasteiger partial charge is 0.480 e. The first-order valence-corrected chi connectivity index (χ1v) is 6.37. The SMILES string of the molecule is CCCC(NC(=O)NC(CC)c1ncc[nH]1)C(=O)O. The highest BCUT2D eigenvalue weighted by Gasteiger charge is 2.21. The molecule has 1 heterocycles. The van der Waals surface area contributed by atoms with E-state index in [1.807, 2.05) is 13.8 Å². The van der Waals surface area contributed by atoms with Crippen molar-refractivity contribution in [2.75, 3.05) is 0 Å². The van der Waals surface area contributed by atoms with Crippen molar-refractivity contribution < 1.29 is 14.7 Å². The van der Waals surface area contributed by atoms with Crippen molar-refractivity contribution in [3.63, 3.8) is 0 Å². The molecule has 0 bridgehead atoms. The van der Waals surface area contributed by atoms with E-state index in [1.54, 1.807) is 12.4 Å². The number of carbonyl (C=O) groups excluding carboxylic acids is 1. The molecule has 0 aliphatic heterocycles. The molecule has 4 N–H and O–H groups in total. The fraction of sp³-hybridized carbons (Fsp3) is 0.583. The van der Waals surface area contributed by atoms with E-state index in [9.17, 15) is 9.59 Å². The Morgan fingerprint density at radius 1 is 1.42 bits per heavy atom. The molecule has 0 aliphatic carbocycles. The van der Waals surface area contributed by atoms with Crippen LogP contribution in [0.5, 0.6) is 0 Å². The summed E-state index contributed by atoms with van der Waals surface area (Å²) in [6.45, 7) is 3.78. The molecule has 1 aromatic heterocycles. The molecule has 0 aliphatic rings. The molecule has 106 valence electrons. The number of rotatable bonds is 7. The van der Waals surface area contributed by atoms with Gasteiger partial charge in [-0.15, -0.1) is 0 Å². The van der Waals surface area contributed by atoms with Gasteiger partial charge >= 0.3 is 12.0 Å². The summed E-state index contributed by atoms with van der Waals surface area (Å²) in [6.07, 6.45) is 5.03. The fourth-order valence-corrected chi connectivity index (χ4v) is 1.74. The number of carbonyl (C=O) groups is 2. The zero-order chi connectivity index (χ0) is 14.3. The average Bonchev–Trinajstić information content (AvgIpc) is 2.89. The third-order valence-corrected chi connectivity index (χ3v) is 2.74. The predicted octanol–water partition coefficient (Wildman–Crippen LogP) is 1.41. The van der Waals surface area contributed by atoms with Gasteiger partial charge in [-0.05, 0) is 12.8 Å². The summed E-state index contributed by atoms with van der Waals surface area (Å²) >= 11 is 0. The summed E-state index contributed by atoms with van der Waals surface area (Å²) < 4.78 is 0. The lowest BCUT2D eigenvalue weighted by molar-refractivity contribution is -0.139. The minimum atomic E-state index is -1.02. The summed E-state index contributed by atoms with van der Waals surface area (Å²) in [5, 5.41) is 14.1. The van der Waals surface area contributed by atoms with E-state index in [0.29, 0.717) is 25.1 Å². The Bertz CT molecular complexity index is 405. The quantitative estimate of drug-likeness (QED) is 0.599. The van der Waals surface area contributed by atoms with Crippen molar-refractivity contribution in [3.05, 3.63) is 18.2 Å². The maximum Gasteiger partial charge on any atom is 0.326 e. The lowest BCUT2D eigenvalue weighted by atomic mass is 10.2. The minimum absolute atomic E-state index is 0.258. The van der Waals surface area contributed by atoms with Gasteiger partial charge in [0.05, 0.1) is 6.04 Å². The van der Waals surface area contributed by atoms with Crippen molar-refractivity contribution >= 4 is 12.0 Å². The highest BCUT2D eigenvalue weighted by molar-refractivity contribution is 5.82. The Morgan fingerprint density at radius 3 is 2.63 bits per heavy atom. The first-order chi connectivity index (χ1) is 9.08. The van der Waals surface area contributed by atoms with Gasteiger partial charge in [-0.2, -0.15) is 0 Å². The highest BCUT2D eigenvalue weighted by atomic mass is 16.4. The van der Waals surface area contributed by atoms with Crippen molar-refractivity contribution in [2.45, 2.75) is 45.2 Å². The molecule has 1 aromatic rings. The Morgan fingerprint density at radius 2 is 2.16 bits per heavy atom. The fourth-order valence-electron chi connectivity index (χ4n) is 1.74. The number of amides is 2. The predicted molar refractivity (Wildman–Crippen MR) is 69.6 cm³/mol. The minimum Gasteiger partial charge on any atom is -0.480 e. The van der Waals surface area contributed by atoms with Crippen molar-refractivity contribution in [3.8, 4) is 0 Å². The molecule has 2 unspecified atom stereocenters. The number of aliphatic carboxylic acids is 1. The highest BCUT2D eigenvalue weighted by Crippen LogP contribution is 2.10. The summed E-state index contributed by atoms with van der Waals surface area (Å²) in [5.74, 6) is -0.372. The molecule has 2 atom stereocenters. The molecule has 7 nitrogen and oxygen atoms in total. The van der Waals surface area contributed by atoms with E-state index in [0.717, 1.165) is 0 Å². The van der Waals surface area contributed by atoms with Crippen LogP contribution in [0.2, 0.25) is 0 Å². The lowest BCUT2D eigenvalue weighted by Crippen LogP contribution is -2.47. The molecular weight excluding hydrogens is 248 g/mol. The van der Waals surface area contributed by atoms with Gasteiger partial charge < -0.3 is 20.7 Å². The third-order valence-electron chi connectivity index (χ3n) is 2.74. The van der Waals surface area contributed by atoms with Gasteiger partial charge in [0.25, 0.3) is 0 Å². The zero-order valence-corrected chi connectivity index (χ0v) is 11.1. The van der Waals surface area contributed by atoms with Crippen molar-refractivity contribution in [2.24, 2.45) is 0 Å². The number of hydrogen-bond donors (Lipinski definition) is 4. The van der Waals surface area contributed by atoms with Gasteiger partial charge in [0, 0.05) is 12.4 Å². The monoisotopic (exact) mass is 268 g/mol. The Hall–Kier alpha value is -2.05. The topological polar surface area (TPSA) is 107 Å². The van der Waals surface area contributed by atoms with Gasteiger partial charge in [0.2, 0.25) is 0 Å². The Balaban J connectivity index is 2.55. The molecule has 0 spiro atoms. The van der Waals surface area contributed by atoms with Crippen LogP contribution < -0.4 is 10.6 Å². The van der Waals surface area contributed by atoms with Crippen LogP contribution in [0.3, 0.4) is 0 Å². The summed E-state index contributed by atoms with van der Waals surface area (Å²) in [7, 11) is 0. The number of nitrogens with zero attached hydrogens (tertiary/aromatic N) is 1. The number of hydrogen-bond acceptors (Lipinski definition) is 3. The molecule has 0 aromatic carbocycles. The van der Waals surface area contributed by atoms with Gasteiger partial charge in [0.1, 0.15) is 11.9 Å². The van der Waals surface area contributed by atoms with E-state index in [1.165, 1.54) is 0 Å². The number of imidazole rings is 1. The van der Waals surface area contributed by atoms with E-state index in [4.69, 9.17) is 5.11 Å². The van der Waals surface area contributed by atoms with E-state index < -0.39 is 18.0 Å². The van der Waals surface area contributed by atoms with Crippen LogP contribution in [0.1, 0.15) is 45.0 Å². The standard InChI is InChI=1S/C12H20N4O3/c1-3-5-9(11(17)18)16-12(19)15-8(4-2)10-13-6-7-14-10/h6-9H,3-5H2,1-2H3,(H,13,14)(H,17,18)(H2,15,16,19). The van der Waals surface area contributed by atoms with Gasteiger partial charge in [0.15, 0.2) is 0 Å². The smallest absolute Gasteiger partial charge is 0.326 e. The first-order valence-electron chi connectivity index (χ1n) is 6.37. The molecule has 7 heteroatoms. The zero-order valence-electron chi connectivity index (χ0n) is 11.1. The molecule has 0 saturated heterocycles. The molecule has 0 saturated carbocycles. The van der Waals surface area contributed by atoms with Crippen LogP contribution in [-0.2, 0) is 4.79 Å². The van der Waals surface area contributed by atoms with E-state index >= 15 is 0 Å². The Kier molecular flexibility index (Phi) is 5.84. The number of urea groups is 1. The maximum absolute atomic E-state index is 11.8. The number of aromatic amines is 1. The van der Waals surface area contributed by atoms with Crippen molar-refractivity contribution in [1.29, 1.82) is 0 Å². The Labute approximate surface area is 111 Å². The molecule has 1 rings (SSSR count). The van der Waals surface area contributed by atoms with Crippen LogP contribution in [0.25, 0.3) is 0 Å². The lowest BCUT2D eigenvalue weighted by Gasteiger charge is -2.18. The van der Waals surface area contributed by atoms with Crippen LogP contribution >= 0.6 is 0 Å². The number of H-pyrrole nitrogens is 1. The normalized spacial score (nSPS) is 13.6. The van der Waals surface area contributed by atoms with Crippen molar-refractivity contribution in [1.82, 2.24) is 20.6 Å².